The average Bonchev–Trinajstić information content (AvgIpc) is 2.72. The fraction of sp³-hybridized carbons (Fsp3) is 0.136. The summed E-state index contributed by atoms with van der Waals surface area (Å²) in [6.45, 7) is 1.93. The van der Waals surface area contributed by atoms with Crippen molar-refractivity contribution in [1.82, 2.24) is 0 Å². The van der Waals surface area contributed by atoms with E-state index in [1.165, 1.54) is 35.2 Å². The van der Waals surface area contributed by atoms with Crippen LogP contribution >= 0.6 is 0 Å². The lowest BCUT2D eigenvalue weighted by atomic mass is 10.1. The Morgan fingerprint density at radius 1 is 0.935 bits per heavy atom. The first-order valence-corrected chi connectivity index (χ1v) is 10.6. The number of hydrogen-bond donors (Lipinski definition) is 1. The highest BCUT2D eigenvalue weighted by Crippen LogP contribution is 2.31. The van der Waals surface area contributed by atoms with Crippen molar-refractivity contribution in [3.63, 3.8) is 0 Å². The second kappa shape index (κ2) is 8.43. The lowest BCUT2D eigenvalue weighted by Crippen LogP contribution is -2.26. The van der Waals surface area contributed by atoms with Gasteiger partial charge in [0.05, 0.1) is 10.5 Å². The molecule has 0 aromatic heterocycles. The van der Waals surface area contributed by atoms with Gasteiger partial charge in [-0.25, -0.2) is 8.42 Å². The van der Waals surface area contributed by atoms with Crippen LogP contribution in [0.5, 0.6) is 0 Å². The van der Waals surface area contributed by atoms with E-state index in [2.05, 4.69) is 4.72 Å². The summed E-state index contributed by atoms with van der Waals surface area (Å²) in [7, 11) is -2.53. The van der Waals surface area contributed by atoms with Gasteiger partial charge < -0.3 is 4.90 Å². The SMILES string of the molecule is Cc1ccc(N(C)C(=O)c2ccc(S(=O)(=O)Nc3cccc(C(F)(F)F)c3)cc2)cc1. The Kier molecular flexibility index (Phi) is 6.08. The molecular formula is C22H19F3N2O3S. The van der Waals surface area contributed by atoms with Gasteiger partial charge in [-0.1, -0.05) is 23.8 Å². The van der Waals surface area contributed by atoms with Gasteiger partial charge in [0.2, 0.25) is 0 Å². The molecule has 0 aliphatic rings. The molecule has 5 nitrogen and oxygen atoms in total. The number of alkyl halides is 3. The highest BCUT2D eigenvalue weighted by atomic mass is 32.2. The third kappa shape index (κ3) is 5.24. The van der Waals surface area contributed by atoms with Crippen molar-refractivity contribution in [2.75, 3.05) is 16.7 Å². The summed E-state index contributed by atoms with van der Waals surface area (Å²) < 4.78 is 65.7. The van der Waals surface area contributed by atoms with E-state index in [9.17, 15) is 26.4 Å². The van der Waals surface area contributed by atoms with E-state index in [4.69, 9.17) is 0 Å². The summed E-state index contributed by atoms with van der Waals surface area (Å²) in [5.41, 5.74) is 0.814. The monoisotopic (exact) mass is 448 g/mol. The summed E-state index contributed by atoms with van der Waals surface area (Å²) in [5.74, 6) is -0.335. The minimum absolute atomic E-state index is 0.181. The normalized spacial score (nSPS) is 11.8. The Bertz CT molecular complexity index is 1190. The molecule has 0 aliphatic carbocycles. The van der Waals surface area contributed by atoms with E-state index >= 15 is 0 Å². The lowest BCUT2D eigenvalue weighted by Gasteiger charge is -2.18. The molecule has 0 spiro atoms. The molecule has 0 unspecified atom stereocenters. The van der Waals surface area contributed by atoms with Crippen LogP contribution in [0.4, 0.5) is 24.5 Å². The molecule has 0 radical (unpaired) electrons. The Labute approximate surface area is 178 Å². The molecule has 0 aliphatic heterocycles. The van der Waals surface area contributed by atoms with E-state index < -0.39 is 21.8 Å². The Balaban J connectivity index is 1.78. The highest BCUT2D eigenvalue weighted by Gasteiger charge is 2.30. The second-order valence-corrected chi connectivity index (χ2v) is 8.59. The summed E-state index contributed by atoms with van der Waals surface area (Å²) in [5, 5.41) is 0. The highest BCUT2D eigenvalue weighted by molar-refractivity contribution is 7.92. The number of nitrogens with one attached hydrogen (secondary N) is 1. The fourth-order valence-corrected chi connectivity index (χ4v) is 3.88. The molecule has 1 N–H and O–H groups in total. The Hall–Kier alpha value is -3.33. The number of aryl methyl sites for hydroxylation is 1. The van der Waals surface area contributed by atoms with E-state index in [-0.39, 0.29) is 22.1 Å². The van der Waals surface area contributed by atoms with Crippen LogP contribution in [0, 0.1) is 6.92 Å². The van der Waals surface area contributed by atoms with Gasteiger partial charge in [0, 0.05) is 24.0 Å². The number of nitrogens with zero attached hydrogens (tertiary/aromatic N) is 1. The molecule has 0 fully saturated rings. The van der Waals surface area contributed by atoms with Gasteiger partial charge in [-0.05, 0) is 61.5 Å². The molecular weight excluding hydrogens is 429 g/mol. The lowest BCUT2D eigenvalue weighted by molar-refractivity contribution is -0.137. The Morgan fingerprint density at radius 3 is 2.13 bits per heavy atom. The standard InChI is InChI=1S/C22H19F3N2O3S/c1-15-6-10-19(11-7-15)27(2)21(28)16-8-12-20(13-9-16)31(29,30)26-18-5-3-4-17(14-18)22(23,24)25/h3-14,26H,1-2H3. The number of amides is 1. The smallest absolute Gasteiger partial charge is 0.311 e. The number of hydrogen-bond acceptors (Lipinski definition) is 3. The summed E-state index contributed by atoms with van der Waals surface area (Å²) in [4.78, 5) is 13.9. The number of halogens is 3. The van der Waals surface area contributed by atoms with Crippen LogP contribution < -0.4 is 9.62 Å². The minimum Gasteiger partial charge on any atom is -0.311 e. The van der Waals surface area contributed by atoms with Crippen LogP contribution in [0.25, 0.3) is 0 Å². The third-order valence-electron chi connectivity index (χ3n) is 4.58. The predicted octanol–water partition coefficient (Wildman–Crippen LogP) is 5.09. The molecule has 3 aromatic rings. The topological polar surface area (TPSA) is 66.5 Å². The van der Waals surface area contributed by atoms with Gasteiger partial charge in [0.1, 0.15) is 0 Å². The number of sulfonamides is 1. The van der Waals surface area contributed by atoms with Crippen molar-refractivity contribution in [3.05, 3.63) is 89.5 Å². The third-order valence-corrected chi connectivity index (χ3v) is 5.98. The van der Waals surface area contributed by atoms with Crippen molar-refractivity contribution in [2.45, 2.75) is 18.0 Å². The van der Waals surface area contributed by atoms with Crippen LogP contribution in [0.2, 0.25) is 0 Å². The van der Waals surface area contributed by atoms with Crippen molar-refractivity contribution in [3.8, 4) is 0 Å². The van der Waals surface area contributed by atoms with Gasteiger partial charge in [-0.15, -0.1) is 0 Å². The number of anilines is 2. The van der Waals surface area contributed by atoms with Crippen LogP contribution in [-0.2, 0) is 16.2 Å². The zero-order chi connectivity index (χ0) is 22.8. The molecule has 3 rings (SSSR count). The summed E-state index contributed by atoms with van der Waals surface area (Å²) in [6.07, 6.45) is -4.59. The van der Waals surface area contributed by atoms with Gasteiger partial charge in [-0.2, -0.15) is 13.2 Å². The number of carbonyl (C=O) groups is 1. The molecule has 3 aromatic carbocycles. The van der Waals surface area contributed by atoms with E-state index in [1.807, 2.05) is 19.1 Å². The maximum Gasteiger partial charge on any atom is 0.416 e. The van der Waals surface area contributed by atoms with Crippen molar-refractivity contribution < 1.29 is 26.4 Å². The number of benzene rings is 3. The molecule has 162 valence electrons. The first-order valence-electron chi connectivity index (χ1n) is 9.12. The molecule has 0 bridgehead atoms. The van der Waals surface area contributed by atoms with Crippen molar-refractivity contribution in [2.24, 2.45) is 0 Å². The molecule has 9 heteroatoms. The quantitative estimate of drug-likeness (QED) is 0.591. The van der Waals surface area contributed by atoms with Gasteiger partial charge >= 0.3 is 6.18 Å². The first kappa shape index (κ1) is 22.4. The van der Waals surface area contributed by atoms with Crippen LogP contribution in [0.3, 0.4) is 0 Å². The van der Waals surface area contributed by atoms with Crippen molar-refractivity contribution in [1.29, 1.82) is 0 Å². The summed E-state index contributed by atoms with van der Waals surface area (Å²) >= 11 is 0. The zero-order valence-electron chi connectivity index (χ0n) is 16.6. The number of carbonyl (C=O) groups excluding carboxylic acids is 1. The molecule has 31 heavy (non-hydrogen) atoms. The Morgan fingerprint density at radius 2 is 1.55 bits per heavy atom. The maximum atomic E-state index is 12.8. The average molecular weight is 448 g/mol. The minimum atomic E-state index is -4.59. The van der Waals surface area contributed by atoms with Crippen molar-refractivity contribution >= 4 is 27.3 Å². The van der Waals surface area contributed by atoms with E-state index in [1.54, 1.807) is 19.2 Å². The summed E-state index contributed by atoms with van der Waals surface area (Å²) in [6, 6.07) is 16.4. The van der Waals surface area contributed by atoms with Crippen LogP contribution in [0.1, 0.15) is 21.5 Å². The van der Waals surface area contributed by atoms with Crippen LogP contribution in [0.15, 0.2) is 77.7 Å². The molecule has 0 heterocycles. The largest absolute Gasteiger partial charge is 0.416 e. The zero-order valence-corrected chi connectivity index (χ0v) is 17.5. The van der Waals surface area contributed by atoms with Gasteiger partial charge in [0.15, 0.2) is 0 Å². The molecule has 1 amide bonds. The van der Waals surface area contributed by atoms with Crippen LogP contribution in [-0.4, -0.2) is 21.4 Å². The first-order chi connectivity index (χ1) is 14.5. The van der Waals surface area contributed by atoms with Gasteiger partial charge in [0.25, 0.3) is 15.9 Å². The fourth-order valence-electron chi connectivity index (χ4n) is 2.83. The van der Waals surface area contributed by atoms with Gasteiger partial charge in [-0.3, -0.25) is 9.52 Å². The van der Waals surface area contributed by atoms with E-state index in [0.29, 0.717) is 11.8 Å². The predicted molar refractivity (Wildman–Crippen MR) is 113 cm³/mol. The number of rotatable bonds is 5. The second-order valence-electron chi connectivity index (χ2n) is 6.91. The molecule has 0 saturated carbocycles. The molecule has 0 saturated heterocycles. The van der Waals surface area contributed by atoms with E-state index in [0.717, 1.165) is 17.7 Å². The molecule has 0 atom stereocenters. The maximum absolute atomic E-state index is 12.8.